The van der Waals surface area contributed by atoms with Crippen molar-refractivity contribution in [1.82, 2.24) is 0 Å². The number of halogens is 1. The maximum Gasteiger partial charge on any atom is 0.335 e. The normalized spacial score (nSPS) is 10.2. The lowest BCUT2D eigenvalue weighted by molar-refractivity contribution is 0.0697. The molecule has 0 saturated carbocycles. The second kappa shape index (κ2) is 5.33. The monoisotopic (exact) mass is 311 g/mol. The van der Waals surface area contributed by atoms with Gasteiger partial charge in [0.15, 0.2) is 0 Å². The molecule has 2 aromatic rings. The Morgan fingerprint density at radius 1 is 1.35 bits per heavy atom. The SMILES string of the molecule is O=C(O)c1ccc(CNc2cc(Br)cs2)cc1. The molecular formula is C12H10BrNO2S. The van der Waals surface area contributed by atoms with Gasteiger partial charge in [-0.05, 0) is 39.7 Å². The Bertz CT molecular complexity index is 522. The summed E-state index contributed by atoms with van der Waals surface area (Å²) in [6.45, 7) is 0.687. The third-order valence-electron chi connectivity index (χ3n) is 2.24. The molecule has 0 aliphatic carbocycles. The highest BCUT2D eigenvalue weighted by Gasteiger charge is 2.02. The van der Waals surface area contributed by atoms with Crippen LogP contribution in [0.4, 0.5) is 5.00 Å². The number of aromatic carboxylic acids is 1. The molecule has 2 N–H and O–H groups in total. The Morgan fingerprint density at radius 2 is 2.06 bits per heavy atom. The van der Waals surface area contributed by atoms with Gasteiger partial charge in [0.1, 0.15) is 0 Å². The van der Waals surface area contributed by atoms with Crippen LogP contribution >= 0.6 is 27.3 Å². The predicted molar refractivity (Wildman–Crippen MR) is 72.7 cm³/mol. The number of carboxylic acids is 1. The summed E-state index contributed by atoms with van der Waals surface area (Å²) in [5.41, 5.74) is 1.37. The summed E-state index contributed by atoms with van der Waals surface area (Å²) in [6, 6.07) is 8.88. The lowest BCUT2D eigenvalue weighted by Gasteiger charge is -2.03. The molecule has 17 heavy (non-hydrogen) atoms. The number of carboxylic acid groups (broad SMARTS) is 1. The van der Waals surface area contributed by atoms with Gasteiger partial charge >= 0.3 is 5.97 Å². The minimum atomic E-state index is -0.897. The molecule has 5 heteroatoms. The van der Waals surface area contributed by atoms with Gasteiger partial charge in [0, 0.05) is 16.4 Å². The van der Waals surface area contributed by atoms with E-state index in [0.29, 0.717) is 12.1 Å². The van der Waals surface area contributed by atoms with E-state index in [0.717, 1.165) is 15.0 Å². The first-order valence-corrected chi connectivity index (χ1v) is 6.62. The molecule has 0 bridgehead atoms. The van der Waals surface area contributed by atoms with Crippen LogP contribution in [0.15, 0.2) is 40.2 Å². The highest BCUT2D eigenvalue weighted by atomic mass is 79.9. The van der Waals surface area contributed by atoms with Gasteiger partial charge in [-0.3, -0.25) is 0 Å². The van der Waals surface area contributed by atoms with E-state index in [1.807, 2.05) is 23.6 Å². The van der Waals surface area contributed by atoms with Gasteiger partial charge in [0.05, 0.1) is 10.6 Å². The van der Waals surface area contributed by atoms with Crippen LogP contribution < -0.4 is 5.32 Å². The molecule has 0 fully saturated rings. The Hall–Kier alpha value is -1.33. The molecular weight excluding hydrogens is 302 g/mol. The molecule has 0 aliphatic rings. The largest absolute Gasteiger partial charge is 0.478 e. The van der Waals surface area contributed by atoms with Crippen molar-refractivity contribution in [2.24, 2.45) is 0 Å². The van der Waals surface area contributed by atoms with E-state index < -0.39 is 5.97 Å². The Morgan fingerprint density at radius 3 is 2.59 bits per heavy atom. The molecule has 1 heterocycles. The maximum absolute atomic E-state index is 10.7. The van der Waals surface area contributed by atoms with Gasteiger partial charge in [0.2, 0.25) is 0 Å². The van der Waals surface area contributed by atoms with E-state index in [2.05, 4.69) is 21.2 Å². The van der Waals surface area contributed by atoms with Crippen LogP contribution in [-0.2, 0) is 6.54 Å². The maximum atomic E-state index is 10.7. The summed E-state index contributed by atoms with van der Waals surface area (Å²) >= 11 is 5.01. The van der Waals surface area contributed by atoms with E-state index in [4.69, 9.17) is 5.11 Å². The van der Waals surface area contributed by atoms with E-state index in [1.165, 1.54) is 0 Å². The molecule has 0 spiro atoms. The highest BCUT2D eigenvalue weighted by Crippen LogP contribution is 2.24. The van der Waals surface area contributed by atoms with Crippen LogP contribution in [0.1, 0.15) is 15.9 Å². The number of hydrogen-bond donors (Lipinski definition) is 2. The fourth-order valence-electron chi connectivity index (χ4n) is 1.36. The highest BCUT2D eigenvalue weighted by molar-refractivity contribution is 9.10. The zero-order valence-corrected chi connectivity index (χ0v) is 11.2. The quantitative estimate of drug-likeness (QED) is 0.902. The smallest absolute Gasteiger partial charge is 0.335 e. The van der Waals surface area contributed by atoms with Gasteiger partial charge in [-0.2, -0.15) is 0 Å². The van der Waals surface area contributed by atoms with E-state index >= 15 is 0 Å². The summed E-state index contributed by atoms with van der Waals surface area (Å²) in [5, 5.41) is 15.1. The Kier molecular flexibility index (Phi) is 3.81. The molecule has 0 atom stereocenters. The van der Waals surface area contributed by atoms with Crippen molar-refractivity contribution in [3.8, 4) is 0 Å². The Labute approximate surface area is 111 Å². The zero-order chi connectivity index (χ0) is 12.3. The summed E-state index contributed by atoms with van der Waals surface area (Å²) in [5.74, 6) is -0.897. The molecule has 88 valence electrons. The van der Waals surface area contributed by atoms with Crippen molar-refractivity contribution in [2.45, 2.75) is 6.54 Å². The molecule has 0 unspecified atom stereocenters. The van der Waals surface area contributed by atoms with Crippen molar-refractivity contribution < 1.29 is 9.90 Å². The number of hydrogen-bond acceptors (Lipinski definition) is 3. The summed E-state index contributed by atoms with van der Waals surface area (Å²) in [4.78, 5) is 10.7. The second-order valence-corrected chi connectivity index (χ2v) is 5.31. The number of rotatable bonds is 4. The number of carbonyl (C=O) groups is 1. The van der Waals surface area contributed by atoms with Gasteiger partial charge in [0.25, 0.3) is 0 Å². The van der Waals surface area contributed by atoms with Gasteiger partial charge in [-0.25, -0.2) is 4.79 Å². The van der Waals surface area contributed by atoms with Crippen molar-refractivity contribution in [2.75, 3.05) is 5.32 Å². The molecule has 0 aliphatic heterocycles. The van der Waals surface area contributed by atoms with E-state index in [-0.39, 0.29) is 0 Å². The number of thiophene rings is 1. The van der Waals surface area contributed by atoms with Crippen molar-refractivity contribution in [3.63, 3.8) is 0 Å². The number of nitrogens with one attached hydrogen (secondary N) is 1. The topological polar surface area (TPSA) is 49.3 Å². The fraction of sp³-hybridized carbons (Fsp3) is 0.0833. The van der Waals surface area contributed by atoms with Gasteiger partial charge in [-0.15, -0.1) is 11.3 Å². The van der Waals surface area contributed by atoms with Crippen LogP contribution in [0, 0.1) is 0 Å². The number of benzene rings is 1. The second-order valence-electron chi connectivity index (χ2n) is 3.48. The van der Waals surface area contributed by atoms with E-state index in [9.17, 15) is 4.79 Å². The first-order chi connectivity index (χ1) is 8.15. The van der Waals surface area contributed by atoms with Crippen LogP contribution in [0.25, 0.3) is 0 Å². The van der Waals surface area contributed by atoms with Crippen molar-refractivity contribution >= 4 is 38.2 Å². The molecule has 2 rings (SSSR count). The third-order valence-corrected chi connectivity index (χ3v) is 3.88. The fourth-order valence-corrected chi connectivity index (χ4v) is 2.68. The predicted octanol–water partition coefficient (Wildman–Crippen LogP) is 3.82. The standard InChI is InChI=1S/C12H10BrNO2S/c13-10-5-11(17-7-10)14-6-8-1-3-9(4-2-8)12(15)16/h1-5,7,14H,6H2,(H,15,16). The molecule has 1 aromatic carbocycles. The number of anilines is 1. The molecule has 0 radical (unpaired) electrons. The first-order valence-electron chi connectivity index (χ1n) is 4.95. The summed E-state index contributed by atoms with van der Waals surface area (Å²) in [6.07, 6.45) is 0. The molecule has 3 nitrogen and oxygen atoms in total. The van der Waals surface area contributed by atoms with Crippen LogP contribution in [0.2, 0.25) is 0 Å². The third kappa shape index (κ3) is 3.31. The Balaban J connectivity index is 1.97. The van der Waals surface area contributed by atoms with Crippen LogP contribution in [-0.4, -0.2) is 11.1 Å². The van der Waals surface area contributed by atoms with Crippen LogP contribution in [0.5, 0.6) is 0 Å². The minimum Gasteiger partial charge on any atom is -0.478 e. The lowest BCUT2D eigenvalue weighted by atomic mass is 10.1. The molecule has 1 aromatic heterocycles. The lowest BCUT2D eigenvalue weighted by Crippen LogP contribution is -1.99. The first kappa shape index (κ1) is 12.1. The van der Waals surface area contributed by atoms with Crippen molar-refractivity contribution in [3.05, 3.63) is 51.3 Å². The summed E-state index contributed by atoms with van der Waals surface area (Å²) in [7, 11) is 0. The average Bonchev–Trinajstić information content (AvgIpc) is 2.73. The van der Waals surface area contributed by atoms with Crippen molar-refractivity contribution in [1.29, 1.82) is 0 Å². The van der Waals surface area contributed by atoms with E-state index in [1.54, 1.807) is 23.5 Å². The van der Waals surface area contributed by atoms with Gasteiger partial charge < -0.3 is 10.4 Å². The minimum absolute atomic E-state index is 0.313. The summed E-state index contributed by atoms with van der Waals surface area (Å²) < 4.78 is 1.06. The molecule has 0 saturated heterocycles. The average molecular weight is 312 g/mol. The van der Waals surface area contributed by atoms with Gasteiger partial charge in [-0.1, -0.05) is 12.1 Å². The van der Waals surface area contributed by atoms with Crippen LogP contribution in [0.3, 0.4) is 0 Å². The zero-order valence-electron chi connectivity index (χ0n) is 8.81. The molecule has 0 amide bonds.